The molecular formula is C9H8ClF3N2O3S. The summed E-state index contributed by atoms with van der Waals surface area (Å²) in [6.45, 7) is 1.19. The summed E-state index contributed by atoms with van der Waals surface area (Å²) in [6.07, 6.45) is 0. The first-order valence-electron chi connectivity index (χ1n) is 4.69. The SMILES string of the molecule is CC(=O)Nc1ccc(Cl)c(NS(=O)(=O)C(F)(F)F)c1. The molecule has 5 nitrogen and oxygen atoms in total. The molecule has 0 saturated heterocycles. The van der Waals surface area contributed by atoms with Crippen LogP contribution in [0.25, 0.3) is 0 Å². The van der Waals surface area contributed by atoms with Crippen molar-refractivity contribution in [2.45, 2.75) is 12.4 Å². The molecule has 0 radical (unpaired) electrons. The average Bonchev–Trinajstić information content (AvgIpc) is 2.20. The van der Waals surface area contributed by atoms with Crippen molar-refractivity contribution in [1.29, 1.82) is 0 Å². The van der Waals surface area contributed by atoms with Crippen molar-refractivity contribution in [2.24, 2.45) is 0 Å². The van der Waals surface area contributed by atoms with Gasteiger partial charge in [-0.25, -0.2) is 0 Å². The largest absolute Gasteiger partial charge is 0.516 e. The third kappa shape index (κ3) is 4.00. The summed E-state index contributed by atoms with van der Waals surface area (Å²) in [7, 11) is -5.57. The van der Waals surface area contributed by atoms with Gasteiger partial charge in [-0.3, -0.25) is 9.52 Å². The van der Waals surface area contributed by atoms with Crippen LogP contribution in [0.4, 0.5) is 24.5 Å². The molecule has 0 fully saturated rings. The van der Waals surface area contributed by atoms with E-state index in [4.69, 9.17) is 11.6 Å². The molecular weight excluding hydrogens is 309 g/mol. The zero-order chi connectivity index (χ0) is 14.8. The second-order valence-electron chi connectivity index (χ2n) is 3.43. The summed E-state index contributed by atoms with van der Waals surface area (Å²) in [5, 5.41) is 2.05. The third-order valence-corrected chi connectivity index (χ3v) is 3.26. The van der Waals surface area contributed by atoms with E-state index in [9.17, 15) is 26.4 Å². The predicted octanol–water partition coefficient (Wildman–Crippen LogP) is 2.56. The minimum Gasteiger partial charge on any atom is -0.326 e. The zero-order valence-corrected chi connectivity index (χ0v) is 10.9. The summed E-state index contributed by atoms with van der Waals surface area (Å²) in [5.41, 5.74) is -5.83. The van der Waals surface area contributed by atoms with E-state index in [1.807, 2.05) is 0 Å². The molecule has 0 aromatic heterocycles. The number of rotatable bonds is 3. The molecule has 106 valence electrons. The minimum absolute atomic E-state index is 0.108. The van der Waals surface area contributed by atoms with Crippen LogP contribution in [0.1, 0.15) is 6.92 Å². The minimum atomic E-state index is -5.57. The van der Waals surface area contributed by atoms with E-state index < -0.39 is 27.1 Å². The number of halogens is 4. The Morgan fingerprint density at radius 3 is 2.37 bits per heavy atom. The highest BCUT2D eigenvalue weighted by Gasteiger charge is 2.46. The molecule has 0 bridgehead atoms. The molecule has 0 heterocycles. The molecule has 0 spiro atoms. The van der Waals surface area contributed by atoms with Crippen LogP contribution in [0.15, 0.2) is 18.2 Å². The number of amides is 1. The fourth-order valence-corrected chi connectivity index (χ4v) is 1.88. The van der Waals surface area contributed by atoms with Gasteiger partial charge in [0.2, 0.25) is 5.91 Å². The predicted molar refractivity (Wildman–Crippen MR) is 64.4 cm³/mol. The highest BCUT2D eigenvalue weighted by Crippen LogP contribution is 2.31. The third-order valence-electron chi connectivity index (χ3n) is 1.84. The van der Waals surface area contributed by atoms with E-state index in [1.54, 1.807) is 0 Å². The lowest BCUT2D eigenvalue weighted by molar-refractivity contribution is -0.114. The van der Waals surface area contributed by atoms with Gasteiger partial charge in [0.1, 0.15) is 0 Å². The summed E-state index contributed by atoms with van der Waals surface area (Å²) in [5.74, 6) is -0.466. The Kier molecular flexibility index (Phi) is 4.31. The van der Waals surface area contributed by atoms with Crippen LogP contribution in [0.2, 0.25) is 5.02 Å². The van der Waals surface area contributed by atoms with Gasteiger partial charge in [-0.05, 0) is 18.2 Å². The maximum Gasteiger partial charge on any atom is 0.516 e. The first kappa shape index (κ1) is 15.6. The van der Waals surface area contributed by atoms with Crippen LogP contribution in [-0.2, 0) is 14.8 Å². The molecule has 1 amide bonds. The molecule has 19 heavy (non-hydrogen) atoms. The Balaban J connectivity index is 3.11. The van der Waals surface area contributed by atoms with Crippen molar-refractivity contribution in [3.63, 3.8) is 0 Å². The van der Waals surface area contributed by atoms with E-state index in [-0.39, 0.29) is 10.7 Å². The Morgan fingerprint density at radius 2 is 1.89 bits per heavy atom. The van der Waals surface area contributed by atoms with Gasteiger partial charge in [0.05, 0.1) is 10.7 Å². The number of alkyl halides is 3. The topological polar surface area (TPSA) is 75.3 Å². The van der Waals surface area contributed by atoms with Crippen LogP contribution in [0.5, 0.6) is 0 Å². The first-order valence-corrected chi connectivity index (χ1v) is 6.55. The number of hydrogen-bond donors (Lipinski definition) is 2. The molecule has 0 aliphatic heterocycles. The fourth-order valence-electron chi connectivity index (χ4n) is 1.09. The molecule has 0 saturated carbocycles. The fraction of sp³-hybridized carbons (Fsp3) is 0.222. The lowest BCUT2D eigenvalue weighted by atomic mass is 10.3. The van der Waals surface area contributed by atoms with Crippen LogP contribution in [-0.4, -0.2) is 19.8 Å². The Hall–Kier alpha value is -1.48. The standard InChI is InChI=1S/C9H8ClF3N2O3S/c1-5(16)14-6-2-3-7(10)8(4-6)15-19(17,18)9(11,12)13/h2-4,15H,1H3,(H,14,16). The maximum absolute atomic E-state index is 12.2. The number of benzene rings is 1. The number of anilines is 2. The molecule has 0 atom stereocenters. The van der Waals surface area contributed by atoms with Crippen molar-refractivity contribution in [3.05, 3.63) is 23.2 Å². The van der Waals surface area contributed by atoms with Crippen LogP contribution in [0.3, 0.4) is 0 Å². The van der Waals surface area contributed by atoms with Crippen LogP contribution < -0.4 is 10.0 Å². The van der Waals surface area contributed by atoms with Gasteiger partial charge < -0.3 is 5.32 Å². The maximum atomic E-state index is 12.2. The second kappa shape index (κ2) is 5.25. The number of sulfonamides is 1. The monoisotopic (exact) mass is 316 g/mol. The Labute approximate surface area is 111 Å². The molecule has 1 rings (SSSR count). The number of hydrogen-bond acceptors (Lipinski definition) is 3. The van der Waals surface area contributed by atoms with Gasteiger partial charge in [0, 0.05) is 12.6 Å². The van der Waals surface area contributed by atoms with Gasteiger partial charge in [-0.2, -0.15) is 21.6 Å². The van der Waals surface area contributed by atoms with Crippen molar-refractivity contribution < 1.29 is 26.4 Å². The summed E-state index contributed by atoms with van der Waals surface area (Å²) in [6, 6.07) is 3.45. The average molecular weight is 317 g/mol. The van der Waals surface area contributed by atoms with E-state index >= 15 is 0 Å². The van der Waals surface area contributed by atoms with Crippen LogP contribution >= 0.6 is 11.6 Å². The number of nitrogens with one attached hydrogen (secondary N) is 2. The lowest BCUT2D eigenvalue weighted by Gasteiger charge is -2.13. The first-order chi connectivity index (χ1) is 8.53. The van der Waals surface area contributed by atoms with E-state index in [2.05, 4.69) is 5.32 Å². The Bertz CT molecular complexity index is 601. The summed E-state index contributed by atoms with van der Waals surface area (Å²) in [4.78, 5) is 10.8. The van der Waals surface area contributed by atoms with E-state index in [0.29, 0.717) is 0 Å². The molecule has 2 N–H and O–H groups in total. The number of carbonyl (C=O) groups is 1. The summed E-state index contributed by atoms with van der Waals surface area (Å²) < 4.78 is 59.7. The lowest BCUT2D eigenvalue weighted by Crippen LogP contribution is -2.30. The van der Waals surface area contributed by atoms with Crippen LogP contribution in [0, 0.1) is 0 Å². The molecule has 1 aromatic carbocycles. The molecule has 10 heteroatoms. The number of carbonyl (C=O) groups excluding carboxylic acids is 1. The highest BCUT2D eigenvalue weighted by molar-refractivity contribution is 7.93. The van der Waals surface area contributed by atoms with Gasteiger partial charge in [-0.1, -0.05) is 11.6 Å². The smallest absolute Gasteiger partial charge is 0.326 e. The normalized spacial score (nSPS) is 12.1. The Morgan fingerprint density at radius 1 is 1.32 bits per heavy atom. The van der Waals surface area contributed by atoms with Crippen molar-refractivity contribution >= 4 is 38.9 Å². The molecule has 0 aliphatic carbocycles. The highest BCUT2D eigenvalue weighted by atomic mass is 35.5. The summed E-state index contributed by atoms with van der Waals surface area (Å²) >= 11 is 5.58. The molecule has 0 aliphatic rings. The van der Waals surface area contributed by atoms with Crippen molar-refractivity contribution in [3.8, 4) is 0 Å². The van der Waals surface area contributed by atoms with E-state index in [1.165, 1.54) is 17.7 Å². The van der Waals surface area contributed by atoms with Gasteiger partial charge in [-0.15, -0.1) is 0 Å². The van der Waals surface area contributed by atoms with Gasteiger partial charge in [0.25, 0.3) is 0 Å². The molecule has 0 unspecified atom stereocenters. The molecule has 1 aromatic rings. The van der Waals surface area contributed by atoms with Gasteiger partial charge >= 0.3 is 15.5 Å². The van der Waals surface area contributed by atoms with Crippen molar-refractivity contribution in [2.75, 3.05) is 10.0 Å². The van der Waals surface area contributed by atoms with Crippen molar-refractivity contribution in [1.82, 2.24) is 0 Å². The van der Waals surface area contributed by atoms with E-state index in [0.717, 1.165) is 12.1 Å². The zero-order valence-electron chi connectivity index (χ0n) is 9.38. The second-order valence-corrected chi connectivity index (χ2v) is 5.51. The quantitative estimate of drug-likeness (QED) is 0.900. The van der Waals surface area contributed by atoms with Gasteiger partial charge in [0.15, 0.2) is 0 Å².